The average molecular weight is 377 g/mol. The highest BCUT2D eigenvalue weighted by Crippen LogP contribution is 2.32. The molecule has 0 aliphatic carbocycles. The van der Waals surface area contributed by atoms with E-state index >= 15 is 0 Å². The summed E-state index contributed by atoms with van der Waals surface area (Å²) in [4.78, 5) is 16.6. The van der Waals surface area contributed by atoms with E-state index in [9.17, 15) is 22.4 Å². The van der Waals surface area contributed by atoms with Crippen LogP contribution in [0.5, 0.6) is 0 Å². The van der Waals surface area contributed by atoms with Crippen LogP contribution in [0.3, 0.4) is 0 Å². The fourth-order valence-electron chi connectivity index (χ4n) is 2.15. The molecular formula is C19H11F4NOS. The largest absolute Gasteiger partial charge is 0.416 e. The van der Waals surface area contributed by atoms with Gasteiger partial charge >= 0.3 is 6.18 Å². The molecule has 1 heterocycles. The molecular weight excluding hydrogens is 366 g/mol. The van der Waals surface area contributed by atoms with Gasteiger partial charge in [0.25, 0.3) is 0 Å². The third-order valence-electron chi connectivity index (χ3n) is 3.50. The van der Waals surface area contributed by atoms with Crippen LogP contribution < -0.4 is 0 Å². The lowest BCUT2D eigenvalue weighted by atomic mass is 10.1. The van der Waals surface area contributed by atoms with Gasteiger partial charge in [0.15, 0.2) is 5.78 Å². The maximum atomic E-state index is 12.8. The minimum absolute atomic E-state index is 0.287. The average Bonchev–Trinajstić information content (AvgIpc) is 3.10. The van der Waals surface area contributed by atoms with Crippen molar-refractivity contribution < 1.29 is 22.4 Å². The van der Waals surface area contributed by atoms with Gasteiger partial charge in [-0.1, -0.05) is 30.3 Å². The minimum Gasteiger partial charge on any atom is -0.288 e. The molecule has 0 fully saturated rings. The normalized spacial score (nSPS) is 11.8. The fourth-order valence-corrected chi connectivity index (χ4v) is 2.99. The van der Waals surface area contributed by atoms with Crippen molar-refractivity contribution in [2.75, 3.05) is 0 Å². The quantitative estimate of drug-likeness (QED) is 0.324. The molecule has 0 atom stereocenters. The van der Waals surface area contributed by atoms with E-state index < -0.39 is 11.7 Å². The molecule has 0 bridgehead atoms. The molecule has 0 amide bonds. The third-order valence-corrected chi connectivity index (χ3v) is 4.57. The molecule has 0 spiro atoms. The van der Waals surface area contributed by atoms with Gasteiger partial charge in [-0.3, -0.25) is 4.79 Å². The summed E-state index contributed by atoms with van der Waals surface area (Å²) in [6, 6.07) is 10.3. The zero-order valence-electron chi connectivity index (χ0n) is 13.1. The molecule has 132 valence electrons. The van der Waals surface area contributed by atoms with Crippen LogP contribution in [0, 0.1) is 5.82 Å². The number of halogens is 4. The van der Waals surface area contributed by atoms with Crippen molar-refractivity contribution in [3.63, 3.8) is 0 Å². The van der Waals surface area contributed by atoms with E-state index in [1.54, 1.807) is 18.2 Å². The van der Waals surface area contributed by atoms with Crippen molar-refractivity contribution in [2.24, 2.45) is 0 Å². The van der Waals surface area contributed by atoms with Gasteiger partial charge in [0, 0.05) is 11.8 Å². The molecule has 0 aliphatic heterocycles. The number of hydrogen-bond acceptors (Lipinski definition) is 3. The number of thiazole rings is 1. The second kappa shape index (κ2) is 7.21. The number of allylic oxidation sites excluding steroid dienone is 1. The van der Waals surface area contributed by atoms with Crippen LogP contribution in [0.4, 0.5) is 17.6 Å². The molecule has 3 aromatic rings. The Hall–Kier alpha value is -2.80. The van der Waals surface area contributed by atoms with Crippen molar-refractivity contribution in [3.8, 4) is 10.6 Å². The number of rotatable bonds is 4. The summed E-state index contributed by atoms with van der Waals surface area (Å²) < 4.78 is 50.6. The van der Waals surface area contributed by atoms with Gasteiger partial charge in [0.05, 0.1) is 10.4 Å². The van der Waals surface area contributed by atoms with E-state index in [0.717, 1.165) is 23.5 Å². The predicted molar refractivity (Wildman–Crippen MR) is 92.3 cm³/mol. The maximum absolute atomic E-state index is 12.8. The third kappa shape index (κ3) is 4.23. The van der Waals surface area contributed by atoms with Gasteiger partial charge < -0.3 is 0 Å². The first-order chi connectivity index (χ1) is 12.3. The van der Waals surface area contributed by atoms with Gasteiger partial charge in [-0.2, -0.15) is 13.2 Å². The van der Waals surface area contributed by atoms with Crippen molar-refractivity contribution in [1.82, 2.24) is 4.98 Å². The molecule has 26 heavy (non-hydrogen) atoms. The zero-order chi connectivity index (χ0) is 18.7. The number of carbonyl (C=O) groups excluding carboxylic acids is 1. The van der Waals surface area contributed by atoms with Crippen LogP contribution in [0.15, 0.2) is 60.8 Å². The Bertz CT molecular complexity index is 941. The van der Waals surface area contributed by atoms with E-state index in [0.29, 0.717) is 21.0 Å². The van der Waals surface area contributed by atoms with Crippen molar-refractivity contribution in [3.05, 3.63) is 82.6 Å². The molecule has 2 nitrogen and oxygen atoms in total. The Balaban J connectivity index is 1.74. The molecule has 3 rings (SSSR count). The summed E-state index contributed by atoms with van der Waals surface area (Å²) in [5.74, 6) is -0.651. The van der Waals surface area contributed by atoms with Crippen molar-refractivity contribution in [1.29, 1.82) is 0 Å². The van der Waals surface area contributed by atoms with Crippen molar-refractivity contribution in [2.45, 2.75) is 6.18 Å². The number of hydrogen-bond donors (Lipinski definition) is 0. The second-order valence-electron chi connectivity index (χ2n) is 5.35. The molecule has 1 aromatic heterocycles. The van der Waals surface area contributed by atoms with Crippen LogP contribution in [0.1, 0.15) is 20.8 Å². The first-order valence-electron chi connectivity index (χ1n) is 7.44. The van der Waals surface area contributed by atoms with Crippen LogP contribution in [0.25, 0.3) is 16.6 Å². The van der Waals surface area contributed by atoms with E-state index in [2.05, 4.69) is 4.98 Å². The number of alkyl halides is 3. The van der Waals surface area contributed by atoms with Crippen LogP contribution in [-0.2, 0) is 6.18 Å². The summed E-state index contributed by atoms with van der Waals surface area (Å²) in [5, 5.41) is 0.456. The lowest BCUT2D eigenvalue weighted by Crippen LogP contribution is -2.03. The number of benzene rings is 2. The first-order valence-corrected chi connectivity index (χ1v) is 8.26. The highest BCUT2D eigenvalue weighted by atomic mass is 32.1. The van der Waals surface area contributed by atoms with E-state index in [1.807, 2.05) is 0 Å². The highest BCUT2D eigenvalue weighted by molar-refractivity contribution is 7.17. The number of aromatic nitrogens is 1. The topological polar surface area (TPSA) is 30.0 Å². The second-order valence-corrected chi connectivity index (χ2v) is 6.38. The van der Waals surface area contributed by atoms with Gasteiger partial charge in [-0.05, 0) is 35.9 Å². The van der Waals surface area contributed by atoms with E-state index in [-0.39, 0.29) is 11.6 Å². The minimum atomic E-state index is -4.40. The van der Waals surface area contributed by atoms with Crippen molar-refractivity contribution >= 4 is 23.2 Å². The summed E-state index contributed by atoms with van der Waals surface area (Å²) in [7, 11) is 0. The molecule has 7 heteroatoms. The maximum Gasteiger partial charge on any atom is 0.416 e. The van der Waals surface area contributed by atoms with Crippen LogP contribution >= 0.6 is 11.3 Å². The smallest absolute Gasteiger partial charge is 0.288 e. The standard InChI is InChI=1S/C19H11F4NOS/c20-15-8-1-12(2-9-15)3-10-16(25)17-11-24-18(26-17)13-4-6-14(7-5-13)19(21,22)23/h1-11H. The van der Waals surface area contributed by atoms with Gasteiger partial charge in [-0.25, -0.2) is 9.37 Å². The van der Waals surface area contributed by atoms with E-state index in [1.165, 1.54) is 36.5 Å². The fraction of sp³-hybridized carbons (Fsp3) is 0.0526. The predicted octanol–water partition coefficient (Wildman–Crippen LogP) is 5.86. The lowest BCUT2D eigenvalue weighted by Gasteiger charge is -2.06. The van der Waals surface area contributed by atoms with Crippen LogP contribution in [0.2, 0.25) is 0 Å². The summed E-state index contributed by atoms with van der Waals surface area (Å²) in [6.45, 7) is 0. The Kier molecular flexibility index (Phi) is 4.99. The Morgan fingerprint density at radius 3 is 2.27 bits per heavy atom. The molecule has 0 radical (unpaired) electrons. The highest BCUT2D eigenvalue weighted by Gasteiger charge is 2.30. The first kappa shape index (κ1) is 18.0. The molecule has 0 aliphatic rings. The van der Waals surface area contributed by atoms with Crippen LogP contribution in [-0.4, -0.2) is 10.8 Å². The molecule has 0 saturated heterocycles. The van der Waals surface area contributed by atoms with Gasteiger partial charge in [-0.15, -0.1) is 11.3 Å². The zero-order valence-corrected chi connectivity index (χ0v) is 13.9. The molecule has 2 aromatic carbocycles. The lowest BCUT2D eigenvalue weighted by molar-refractivity contribution is -0.137. The van der Waals surface area contributed by atoms with Gasteiger partial charge in [0.1, 0.15) is 10.8 Å². The Morgan fingerprint density at radius 1 is 1.00 bits per heavy atom. The molecule has 0 N–H and O–H groups in total. The number of carbonyl (C=O) groups is 1. The number of ketones is 1. The van der Waals surface area contributed by atoms with Gasteiger partial charge in [0.2, 0.25) is 0 Å². The summed E-state index contributed by atoms with van der Waals surface area (Å²) in [5.41, 5.74) is 0.438. The summed E-state index contributed by atoms with van der Waals surface area (Å²) in [6.07, 6.45) is -0.112. The summed E-state index contributed by atoms with van der Waals surface area (Å²) >= 11 is 1.09. The monoisotopic (exact) mass is 377 g/mol. The number of nitrogens with zero attached hydrogens (tertiary/aromatic N) is 1. The Morgan fingerprint density at radius 2 is 1.65 bits per heavy atom. The molecule has 0 saturated carbocycles. The SMILES string of the molecule is O=C(C=Cc1ccc(F)cc1)c1cnc(-c2ccc(C(F)(F)F)cc2)s1. The Labute approximate surface area is 150 Å². The molecule has 0 unspecified atom stereocenters. The van der Waals surface area contributed by atoms with E-state index in [4.69, 9.17) is 0 Å².